The fraction of sp³-hybridized carbons (Fsp3) is 0.133. The molecule has 0 radical (unpaired) electrons. The maximum atomic E-state index is 10.7. The second-order valence-corrected chi connectivity index (χ2v) is 4.56. The maximum absolute atomic E-state index is 10.7. The lowest BCUT2D eigenvalue weighted by atomic mass is 10.1. The van der Waals surface area contributed by atoms with Crippen LogP contribution in [0.15, 0.2) is 42.5 Å². The van der Waals surface area contributed by atoms with Crippen LogP contribution in [-0.4, -0.2) is 10.0 Å². The van der Waals surface area contributed by atoms with Crippen LogP contribution in [0.5, 0.6) is 5.75 Å². The molecule has 6 heteroatoms. The molecule has 106 valence electrons. The Bertz CT molecular complexity index is 705. The predicted octanol–water partition coefficient (Wildman–Crippen LogP) is 3.35. The number of nitriles is 1. The second-order valence-electron chi connectivity index (χ2n) is 4.56. The third kappa shape index (κ3) is 3.28. The molecule has 21 heavy (non-hydrogen) atoms. The molecule has 1 unspecified atom stereocenters. The zero-order valence-electron chi connectivity index (χ0n) is 11.3. The van der Waals surface area contributed by atoms with Crippen molar-refractivity contribution in [1.82, 2.24) is 0 Å². The van der Waals surface area contributed by atoms with Crippen LogP contribution in [-0.2, 0) is 0 Å². The number of rotatable bonds is 4. The van der Waals surface area contributed by atoms with Crippen molar-refractivity contribution in [3.05, 3.63) is 63.7 Å². The molecule has 0 amide bonds. The predicted molar refractivity (Wildman–Crippen MR) is 78.0 cm³/mol. The molecule has 2 rings (SSSR count). The molecule has 2 aromatic carbocycles. The Morgan fingerprint density at radius 3 is 2.52 bits per heavy atom. The molecule has 0 bridgehead atoms. The number of hydrogen-bond donors (Lipinski definition) is 2. The Balaban J connectivity index is 2.25. The molecule has 0 spiro atoms. The van der Waals surface area contributed by atoms with Crippen molar-refractivity contribution >= 4 is 11.4 Å². The molecule has 0 fully saturated rings. The lowest BCUT2D eigenvalue weighted by Gasteiger charge is -2.16. The van der Waals surface area contributed by atoms with Crippen molar-refractivity contribution in [2.75, 3.05) is 5.32 Å². The van der Waals surface area contributed by atoms with Crippen molar-refractivity contribution in [2.24, 2.45) is 0 Å². The van der Waals surface area contributed by atoms with Gasteiger partial charge in [-0.2, -0.15) is 5.26 Å². The number of phenolic OH excluding ortho intramolecular Hbond substituents is 1. The van der Waals surface area contributed by atoms with E-state index < -0.39 is 4.92 Å². The van der Waals surface area contributed by atoms with E-state index in [0.717, 1.165) is 5.56 Å². The number of non-ortho nitro benzene ring substituents is 1. The average molecular weight is 283 g/mol. The molecule has 0 aromatic heterocycles. The summed E-state index contributed by atoms with van der Waals surface area (Å²) in [6, 6.07) is 12.6. The van der Waals surface area contributed by atoms with E-state index in [1.165, 1.54) is 18.2 Å². The molecular weight excluding hydrogens is 270 g/mol. The lowest BCUT2D eigenvalue weighted by Crippen LogP contribution is -2.07. The molecule has 2 aromatic rings. The summed E-state index contributed by atoms with van der Waals surface area (Å²) >= 11 is 0. The van der Waals surface area contributed by atoms with Gasteiger partial charge in [0.05, 0.1) is 16.2 Å². The number of aromatic hydroxyl groups is 1. The van der Waals surface area contributed by atoms with E-state index in [9.17, 15) is 15.2 Å². The van der Waals surface area contributed by atoms with Crippen molar-refractivity contribution in [3.8, 4) is 11.8 Å². The first-order chi connectivity index (χ1) is 10.0. The van der Waals surface area contributed by atoms with E-state index in [1.807, 2.05) is 13.0 Å². The van der Waals surface area contributed by atoms with Gasteiger partial charge in [-0.3, -0.25) is 10.1 Å². The number of nitro groups is 1. The Hall–Kier alpha value is -3.07. The summed E-state index contributed by atoms with van der Waals surface area (Å²) in [7, 11) is 0. The normalized spacial score (nSPS) is 11.4. The maximum Gasteiger partial charge on any atom is 0.270 e. The number of hydrogen-bond acceptors (Lipinski definition) is 5. The fourth-order valence-electron chi connectivity index (χ4n) is 1.94. The average Bonchev–Trinajstić information content (AvgIpc) is 2.48. The van der Waals surface area contributed by atoms with E-state index >= 15 is 0 Å². The molecule has 0 aliphatic carbocycles. The molecule has 0 heterocycles. The zero-order chi connectivity index (χ0) is 15.4. The van der Waals surface area contributed by atoms with Crippen molar-refractivity contribution in [2.45, 2.75) is 13.0 Å². The van der Waals surface area contributed by atoms with Crippen LogP contribution in [0.1, 0.15) is 24.1 Å². The van der Waals surface area contributed by atoms with Gasteiger partial charge in [0.1, 0.15) is 11.8 Å². The van der Waals surface area contributed by atoms with Gasteiger partial charge >= 0.3 is 0 Å². The zero-order valence-corrected chi connectivity index (χ0v) is 11.3. The molecule has 2 N–H and O–H groups in total. The summed E-state index contributed by atoms with van der Waals surface area (Å²) in [5.41, 5.74) is 1.56. The molecule has 0 saturated heterocycles. The Labute approximate surface area is 121 Å². The van der Waals surface area contributed by atoms with E-state index in [1.54, 1.807) is 24.3 Å². The molecular formula is C15H13N3O3. The first-order valence-electron chi connectivity index (χ1n) is 6.25. The smallest absolute Gasteiger partial charge is 0.270 e. The van der Waals surface area contributed by atoms with E-state index in [-0.39, 0.29) is 23.0 Å². The van der Waals surface area contributed by atoms with Gasteiger partial charge in [0.15, 0.2) is 0 Å². The van der Waals surface area contributed by atoms with Crippen LogP contribution in [0.4, 0.5) is 11.4 Å². The Morgan fingerprint density at radius 2 is 1.95 bits per heavy atom. The monoisotopic (exact) mass is 283 g/mol. The van der Waals surface area contributed by atoms with Gasteiger partial charge in [-0.25, -0.2) is 0 Å². The second kappa shape index (κ2) is 5.92. The number of anilines is 1. The van der Waals surface area contributed by atoms with Crippen LogP contribution >= 0.6 is 0 Å². The first kappa shape index (κ1) is 14.3. The molecule has 6 nitrogen and oxygen atoms in total. The number of benzene rings is 2. The van der Waals surface area contributed by atoms with Crippen LogP contribution in [0, 0.1) is 21.4 Å². The fourth-order valence-corrected chi connectivity index (χ4v) is 1.94. The summed E-state index contributed by atoms with van der Waals surface area (Å²) in [6.45, 7) is 1.90. The van der Waals surface area contributed by atoms with Gasteiger partial charge < -0.3 is 10.4 Å². The standard InChI is InChI=1S/C15H13N3O3/c1-10(11-2-5-14(19)6-3-11)17-15-7-4-13(18(20)21)8-12(15)9-16/h2-8,10,17,19H,1H3. The molecule has 0 saturated carbocycles. The minimum absolute atomic E-state index is 0.112. The van der Waals surface area contributed by atoms with Gasteiger partial charge in [0.25, 0.3) is 5.69 Å². The van der Waals surface area contributed by atoms with Crippen LogP contribution in [0.2, 0.25) is 0 Å². The number of nitrogens with one attached hydrogen (secondary N) is 1. The summed E-state index contributed by atoms with van der Waals surface area (Å²) in [5.74, 6) is 0.180. The lowest BCUT2D eigenvalue weighted by molar-refractivity contribution is -0.384. The van der Waals surface area contributed by atoms with Crippen LogP contribution in [0.3, 0.4) is 0 Å². The third-order valence-corrected chi connectivity index (χ3v) is 3.10. The highest BCUT2D eigenvalue weighted by Gasteiger charge is 2.13. The van der Waals surface area contributed by atoms with E-state index in [2.05, 4.69) is 5.32 Å². The van der Waals surface area contributed by atoms with Gasteiger partial charge in [-0.1, -0.05) is 12.1 Å². The minimum atomic E-state index is -0.534. The molecule has 1 atom stereocenters. The SMILES string of the molecule is CC(Nc1ccc([N+](=O)[O-])cc1C#N)c1ccc(O)cc1. The van der Waals surface area contributed by atoms with Crippen LogP contribution < -0.4 is 5.32 Å². The minimum Gasteiger partial charge on any atom is -0.508 e. The summed E-state index contributed by atoms with van der Waals surface area (Å²) in [4.78, 5) is 10.2. The first-order valence-corrected chi connectivity index (χ1v) is 6.25. The van der Waals surface area contributed by atoms with Crippen molar-refractivity contribution < 1.29 is 10.0 Å². The van der Waals surface area contributed by atoms with Crippen LogP contribution in [0.25, 0.3) is 0 Å². The highest BCUT2D eigenvalue weighted by Crippen LogP contribution is 2.26. The Kier molecular flexibility index (Phi) is 4.05. The van der Waals surface area contributed by atoms with Crippen molar-refractivity contribution in [1.29, 1.82) is 5.26 Å². The van der Waals surface area contributed by atoms with Gasteiger partial charge in [-0.05, 0) is 30.7 Å². The summed E-state index contributed by atoms with van der Waals surface area (Å²) in [6.07, 6.45) is 0. The number of phenols is 1. The summed E-state index contributed by atoms with van der Waals surface area (Å²) in [5, 5.41) is 32.2. The molecule has 0 aliphatic rings. The van der Waals surface area contributed by atoms with E-state index in [4.69, 9.17) is 5.26 Å². The van der Waals surface area contributed by atoms with Gasteiger partial charge in [-0.15, -0.1) is 0 Å². The number of nitrogens with zero attached hydrogens (tertiary/aromatic N) is 2. The molecule has 0 aliphatic heterocycles. The topological polar surface area (TPSA) is 99.2 Å². The number of nitro benzene ring substituents is 1. The quantitative estimate of drug-likeness (QED) is 0.662. The van der Waals surface area contributed by atoms with Gasteiger partial charge in [0.2, 0.25) is 0 Å². The Morgan fingerprint density at radius 1 is 1.29 bits per heavy atom. The highest BCUT2D eigenvalue weighted by molar-refractivity contribution is 5.62. The van der Waals surface area contributed by atoms with E-state index in [0.29, 0.717) is 5.69 Å². The van der Waals surface area contributed by atoms with Crippen molar-refractivity contribution in [3.63, 3.8) is 0 Å². The van der Waals surface area contributed by atoms with Gasteiger partial charge in [0, 0.05) is 18.2 Å². The largest absolute Gasteiger partial charge is 0.508 e. The summed E-state index contributed by atoms with van der Waals surface area (Å²) < 4.78 is 0. The highest BCUT2D eigenvalue weighted by atomic mass is 16.6. The third-order valence-electron chi connectivity index (χ3n) is 3.10.